The number of thiophene rings is 1. The summed E-state index contributed by atoms with van der Waals surface area (Å²) in [5, 5.41) is 10.5. The average molecular weight is 333 g/mol. The van der Waals surface area contributed by atoms with Crippen LogP contribution < -0.4 is 4.72 Å². The molecule has 2 rings (SSSR count). The summed E-state index contributed by atoms with van der Waals surface area (Å²) in [6, 6.07) is 2.10. The molecule has 0 aliphatic heterocycles. The molecular formula is C12H9F2NO4S2. The maximum atomic E-state index is 13.1. The van der Waals surface area contributed by atoms with Gasteiger partial charge in [0.05, 0.1) is 10.6 Å². The zero-order chi connectivity index (χ0) is 15.8. The zero-order valence-corrected chi connectivity index (χ0v) is 12.2. The van der Waals surface area contributed by atoms with E-state index in [9.17, 15) is 22.0 Å². The Kier molecular flexibility index (Phi) is 3.97. The molecule has 0 radical (unpaired) electrons. The third-order valence-electron chi connectivity index (χ3n) is 2.61. The SMILES string of the molecule is Cc1csc(C(=O)O)c1NS(=O)(=O)c1ccc(F)c(F)c1. The zero-order valence-electron chi connectivity index (χ0n) is 10.6. The molecule has 1 heterocycles. The van der Waals surface area contributed by atoms with Crippen molar-refractivity contribution in [2.45, 2.75) is 11.8 Å². The summed E-state index contributed by atoms with van der Waals surface area (Å²) in [6.45, 7) is 1.53. The summed E-state index contributed by atoms with van der Waals surface area (Å²) in [7, 11) is -4.21. The summed E-state index contributed by atoms with van der Waals surface area (Å²) >= 11 is 0.865. The number of hydrogen-bond acceptors (Lipinski definition) is 4. The van der Waals surface area contributed by atoms with Crippen molar-refractivity contribution in [1.82, 2.24) is 0 Å². The van der Waals surface area contributed by atoms with Crippen LogP contribution in [0.25, 0.3) is 0 Å². The van der Waals surface area contributed by atoms with Crippen LogP contribution in [0.3, 0.4) is 0 Å². The van der Waals surface area contributed by atoms with Gasteiger partial charge in [0.2, 0.25) is 0 Å². The normalized spacial score (nSPS) is 11.4. The lowest BCUT2D eigenvalue weighted by atomic mass is 10.3. The number of hydrogen-bond donors (Lipinski definition) is 2. The molecule has 0 amide bonds. The van der Waals surface area contributed by atoms with E-state index in [-0.39, 0.29) is 10.6 Å². The summed E-state index contributed by atoms with van der Waals surface area (Å²) in [6.07, 6.45) is 0. The third-order valence-corrected chi connectivity index (χ3v) is 5.04. The highest BCUT2D eigenvalue weighted by atomic mass is 32.2. The van der Waals surface area contributed by atoms with Gasteiger partial charge in [-0.25, -0.2) is 22.0 Å². The maximum Gasteiger partial charge on any atom is 0.348 e. The van der Waals surface area contributed by atoms with Crippen molar-refractivity contribution < 1.29 is 27.1 Å². The molecule has 0 saturated heterocycles. The molecule has 0 atom stereocenters. The first-order valence-corrected chi connectivity index (χ1v) is 7.88. The Balaban J connectivity index is 2.44. The summed E-state index contributed by atoms with van der Waals surface area (Å²) in [5.41, 5.74) is 0.334. The molecule has 112 valence electrons. The minimum Gasteiger partial charge on any atom is -0.477 e. The third kappa shape index (κ3) is 3.03. The highest BCUT2D eigenvalue weighted by Gasteiger charge is 2.22. The van der Waals surface area contributed by atoms with E-state index < -0.39 is 32.5 Å². The first-order valence-electron chi connectivity index (χ1n) is 5.51. The summed E-state index contributed by atoms with van der Waals surface area (Å²) in [4.78, 5) is 10.3. The second-order valence-electron chi connectivity index (χ2n) is 4.11. The largest absolute Gasteiger partial charge is 0.477 e. The van der Waals surface area contributed by atoms with E-state index in [1.165, 1.54) is 12.3 Å². The van der Waals surface area contributed by atoms with Gasteiger partial charge in [-0.3, -0.25) is 4.72 Å². The van der Waals surface area contributed by atoms with Crippen LogP contribution in [0.15, 0.2) is 28.5 Å². The smallest absolute Gasteiger partial charge is 0.348 e. The minimum atomic E-state index is -4.21. The molecule has 9 heteroatoms. The molecule has 0 aliphatic rings. The molecular weight excluding hydrogens is 324 g/mol. The van der Waals surface area contributed by atoms with Gasteiger partial charge >= 0.3 is 5.97 Å². The molecule has 21 heavy (non-hydrogen) atoms. The Bertz CT molecular complexity index is 815. The van der Waals surface area contributed by atoms with E-state index in [2.05, 4.69) is 4.72 Å². The molecule has 0 spiro atoms. The Morgan fingerprint density at radius 2 is 1.95 bits per heavy atom. The highest BCUT2D eigenvalue weighted by Crippen LogP contribution is 2.30. The van der Waals surface area contributed by atoms with Crippen LogP contribution in [0, 0.1) is 18.6 Å². The molecule has 0 unspecified atom stereocenters. The van der Waals surface area contributed by atoms with Crippen LogP contribution in [0.4, 0.5) is 14.5 Å². The monoisotopic (exact) mass is 333 g/mol. The predicted octanol–water partition coefficient (Wildman–Crippen LogP) is 2.83. The van der Waals surface area contributed by atoms with Gasteiger partial charge in [-0.05, 0) is 36.1 Å². The van der Waals surface area contributed by atoms with Crippen LogP contribution in [0.1, 0.15) is 15.2 Å². The Hall–Kier alpha value is -2.00. The van der Waals surface area contributed by atoms with Crippen molar-refractivity contribution in [1.29, 1.82) is 0 Å². The van der Waals surface area contributed by atoms with Gasteiger partial charge in [-0.15, -0.1) is 11.3 Å². The fourth-order valence-corrected chi connectivity index (χ4v) is 3.63. The molecule has 5 nitrogen and oxygen atoms in total. The van der Waals surface area contributed by atoms with Crippen molar-refractivity contribution in [2.75, 3.05) is 4.72 Å². The van der Waals surface area contributed by atoms with Crippen molar-refractivity contribution >= 4 is 33.0 Å². The van der Waals surface area contributed by atoms with E-state index >= 15 is 0 Å². The van der Waals surface area contributed by atoms with Gasteiger partial charge < -0.3 is 5.11 Å². The van der Waals surface area contributed by atoms with Crippen LogP contribution in [0.5, 0.6) is 0 Å². The Morgan fingerprint density at radius 1 is 1.29 bits per heavy atom. The van der Waals surface area contributed by atoms with Gasteiger partial charge in [0.15, 0.2) is 11.6 Å². The number of carbonyl (C=O) groups is 1. The summed E-state index contributed by atoms with van der Waals surface area (Å²) < 4.78 is 52.2. The number of nitrogens with one attached hydrogen (secondary N) is 1. The topological polar surface area (TPSA) is 83.5 Å². The summed E-state index contributed by atoms with van der Waals surface area (Å²) in [5.74, 6) is -3.76. The quantitative estimate of drug-likeness (QED) is 0.901. The number of anilines is 1. The van der Waals surface area contributed by atoms with E-state index in [4.69, 9.17) is 5.11 Å². The van der Waals surface area contributed by atoms with Crippen molar-refractivity contribution in [2.24, 2.45) is 0 Å². The number of aryl methyl sites for hydroxylation is 1. The number of carboxylic acids is 1. The van der Waals surface area contributed by atoms with Gasteiger partial charge in [0.25, 0.3) is 10.0 Å². The number of rotatable bonds is 4. The number of aromatic carboxylic acids is 1. The first kappa shape index (κ1) is 15.4. The number of halogens is 2. The number of benzene rings is 1. The molecule has 0 fully saturated rings. The molecule has 2 N–H and O–H groups in total. The van der Waals surface area contributed by atoms with Gasteiger partial charge in [0, 0.05) is 0 Å². The Labute approximate surface area is 122 Å². The van der Waals surface area contributed by atoms with Gasteiger partial charge in [-0.1, -0.05) is 0 Å². The lowest BCUT2D eigenvalue weighted by Crippen LogP contribution is -2.15. The van der Waals surface area contributed by atoms with Crippen LogP contribution in [-0.4, -0.2) is 19.5 Å². The van der Waals surface area contributed by atoms with Gasteiger partial charge in [-0.2, -0.15) is 0 Å². The van der Waals surface area contributed by atoms with E-state index in [1.54, 1.807) is 0 Å². The number of carboxylic acid groups (broad SMARTS) is 1. The average Bonchev–Trinajstić information content (AvgIpc) is 2.74. The fraction of sp³-hybridized carbons (Fsp3) is 0.0833. The predicted molar refractivity (Wildman–Crippen MR) is 73.2 cm³/mol. The van der Waals surface area contributed by atoms with Crippen LogP contribution in [0.2, 0.25) is 0 Å². The second kappa shape index (κ2) is 5.41. The lowest BCUT2D eigenvalue weighted by molar-refractivity contribution is 0.0703. The molecule has 0 aliphatic carbocycles. The number of sulfonamides is 1. The van der Waals surface area contributed by atoms with Crippen LogP contribution >= 0.6 is 11.3 Å². The Morgan fingerprint density at radius 3 is 2.52 bits per heavy atom. The second-order valence-corrected chi connectivity index (χ2v) is 6.67. The van der Waals surface area contributed by atoms with Crippen molar-refractivity contribution in [3.8, 4) is 0 Å². The standard InChI is InChI=1S/C12H9F2NO4S2/c1-6-5-20-11(12(16)17)10(6)15-21(18,19)7-2-3-8(13)9(14)4-7/h2-5,15H,1H3,(H,16,17). The van der Waals surface area contributed by atoms with Gasteiger partial charge in [0.1, 0.15) is 4.88 Å². The van der Waals surface area contributed by atoms with Crippen molar-refractivity contribution in [3.05, 3.63) is 45.7 Å². The maximum absolute atomic E-state index is 13.1. The molecule has 2 aromatic rings. The molecule has 0 bridgehead atoms. The fourth-order valence-electron chi connectivity index (χ4n) is 1.57. The van der Waals surface area contributed by atoms with E-state index in [1.807, 2.05) is 0 Å². The molecule has 1 aromatic carbocycles. The highest BCUT2D eigenvalue weighted by molar-refractivity contribution is 7.92. The van der Waals surface area contributed by atoms with E-state index in [0.29, 0.717) is 17.7 Å². The first-order chi connectivity index (χ1) is 9.72. The minimum absolute atomic E-state index is 0.0859. The van der Waals surface area contributed by atoms with E-state index in [0.717, 1.165) is 17.4 Å². The molecule has 1 aromatic heterocycles. The van der Waals surface area contributed by atoms with Crippen molar-refractivity contribution in [3.63, 3.8) is 0 Å². The molecule has 0 saturated carbocycles. The lowest BCUT2D eigenvalue weighted by Gasteiger charge is -2.09. The van der Waals surface area contributed by atoms with Crippen LogP contribution in [-0.2, 0) is 10.0 Å².